The third-order valence-electron chi connectivity index (χ3n) is 4.53. The molecule has 3 rings (SSSR count). The molecule has 2 heterocycles. The van der Waals surface area contributed by atoms with Crippen molar-refractivity contribution in [2.24, 2.45) is 5.92 Å². The lowest BCUT2D eigenvalue weighted by Gasteiger charge is -2.30. The van der Waals surface area contributed by atoms with Gasteiger partial charge in [-0.15, -0.1) is 0 Å². The summed E-state index contributed by atoms with van der Waals surface area (Å²) in [5.41, 5.74) is -0.0270. The second-order valence-electron chi connectivity index (χ2n) is 6.14. The fourth-order valence-electron chi connectivity index (χ4n) is 3.08. The van der Waals surface area contributed by atoms with E-state index in [1.165, 1.54) is 30.1 Å². The van der Waals surface area contributed by atoms with Crippen LogP contribution in [0.5, 0.6) is 0 Å². The van der Waals surface area contributed by atoms with Crippen LogP contribution in [0.15, 0.2) is 23.3 Å². The Bertz CT molecular complexity index is 920. The Morgan fingerprint density at radius 2 is 1.96 bits per heavy atom. The predicted octanol–water partition coefficient (Wildman–Crippen LogP) is 2.11. The third-order valence-corrected chi connectivity index (χ3v) is 5.04. The third kappa shape index (κ3) is 3.68. The molecule has 26 heavy (non-hydrogen) atoms. The highest BCUT2D eigenvalue weighted by Crippen LogP contribution is 2.24. The molecule has 2 aromatic rings. The maximum absolute atomic E-state index is 12.6. The number of esters is 1. The van der Waals surface area contributed by atoms with E-state index in [-0.39, 0.29) is 40.3 Å². The number of piperidine rings is 1. The van der Waals surface area contributed by atoms with Crippen molar-refractivity contribution in [2.75, 3.05) is 20.2 Å². The number of hydrogen-bond acceptors (Lipinski definition) is 5. The number of hydrogen-bond donors (Lipinski definition) is 0. The monoisotopic (exact) mass is 397 g/mol. The quantitative estimate of drug-likeness (QED) is 0.740. The molecule has 1 saturated heterocycles. The Labute approximate surface area is 159 Å². The first kappa shape index (κ1) is 18.7. The standard InChI is InChI=1S/C17H17Cl2N3O4/c1-26-17(25)10-2-4-21(5-3-10)14(23)8-22-9-20-15-12(16(22)24)6-11(18)7-13(15)19/h6-7,9-10H,2-5,8H2,1H3. The van der Waals surface area contributed by atoms with E-state index < -0.39 is 0 Å². The van der Waals surface area contributed by atoms with Gasteiger partial charge >= 0.3 is 5.97 Å². The van der Waals surface area contributed by atoms with Crippen LogP contribution in [0.25, 0.3) is 10.9 Å². The van der Waals surface area contributed by atoms with Crippen molar-refractivity contribution in [2.45, 2.75) is 19.4 Å². The summed E-state index contributed by atoms with van der Waals surface area (Å²) >= 11 is 12.0. The fraction of sp³-hybridized carbons (Fsp3) is 0.412. The summed E-state index contributed by atoms with van der Waals surface area (Å²) in [6, 6.07) is 3.00. The van der Waals surface area contributed by atoms with Gasteiger partial charge in [0.15, 0.2) is 0 Å². The second-order valence-corrected chi connectivity index (χ2v) is 6.98. The zero-order valence-corrected chi connectivity index (χ0v) is 15.6. The summed E-state index contributed by atoms with van der Waals surface area (Å²) in [4.78, 5) is 42.5. The Morgan fingerprint density at radius 3 is 2.62 bits per heavy atom. The van der Waals surface area contributed by atoms with Gasteiger partial charge in [-0.05, 0) is 25.0 Å². The van der Waals surface area contributed by atoms with Crippen molar-refractivity contribution < 1.29 is 14.3 Å². The van der Waals surface area contributed by atoms with Crippen LogP contribution in [0.2, 0.25) is 10.0 Å². The molecule has 0 unspecified atom stereocenters. The van der Waals surface area contributed by atoms with Crippen LogP contribution < -0.4 is 5.56 Å². The highest BCUT2D eigenvalue weighted by molar-refractivity contribution is 6.38. The predicted molar refractivity (Wildman–Crippen MR) is 97.3 cm³/mol. The summed E-state index contributed by atoms with van der Waals surface area (Å²) in [7, 11) is 1.36. The normalized spacial score (nSPS) is 15.3. The summed E-state index contributed by atoms with van der Waals surface area (Å²) in [5, 5.41) is 0.880. The van der Waals surface area contributed by atoms with Gasteiger partial charge in [0.25, 0.3) is 5.56 Å². The highest BCUT2D eigenvalue weighted by atomic mass is 35.5. The van der Waals surface area contributed by atoms with Crippen LogP contribution >= 0.6 is 23.2 Å². The number of ether oxygens (including phenoxy) is 1. The van der Waals surface area contributed by atoms with E-state index in [1.54, 1.807) is 4.90 Å². The zero-order chi connectivity index (χ0) is 18.8. The molecule has 0 aliphatic carbocycles. The number of carbonyl (C=O) groups is 2. The number of nitrogens with zero attached hydrogens (tertiary/aromatic N) is 3. The minimum absolute atomic E-state index is 0.130. The van der Waals surface area contributed by atoms with E-state index in [1.807, 2.05) is 0 Å². The Kier molecular flexibility index (Phi) is 5.48. The Balaban J connectivity index is 1.75. The van der Waals surface area contributed by atoms with Crippen molar-refractivity contribution in [1.29, 1.82) is 0 Å². The number of likely N-dealkylation sites (tertiary alicyclic amines) is 1. The van der Waals surface area contributed by atoms with Crippen molar-refractivity contribution in [1.82, 2.24) is 14.5 Å². The molecule has 138 valence electrons. The molecule has 1 aliphatic heterocycles. The van der Waals surface area contributed by atoms with Crippen LogP contribution in [0.4, 0.5) is 0 Å². The molecule has 1 fully saturated rings. The SMILES string of the molecule is COC(=O)C1CCN(C(=O)Cn2cnc3c(Cl)cc(Cl)cc3c2=O)CC1. The molecule has 1 aromatic carbocycles. The van der Waals surface area contributed by atoms with Crippen LogP contribution in [0.3, 0.4) is 0 Å². The average Bonchev–Trinajstić information content (AvgIpc) is 2.63. The molecule has 0 bridgehead atoms. The minimum atomic E-state index is -0.378. The molecular formula is C17H17Cl2N3O4. The molecule has 9 heteroatoms. The van der Waals surface area contributed by atoms with E-state index >= 15 is 0 Å². The van der Waals surface area contributed by atoms with Crippen molar-refractivity contribution in [3.05, 3.63) is 38.9 Å². The molecule has 0 atom stereocenters. The minimum Gasteiger partial charge on any atom is -0.469 e. The molecule has 0 saturated carbocycles. The van der Waals surface area contributed by atoms with E-state index in [2.05, 4.69) is 4.98 Å². The molecule has 1 amide bonds. The van der Waals surface area contributed by atoms with Crippen LogP contribution in [-0.4, -0.2) is 46.5 Å². The zero-order valence-electron chi connectivity index (χ0n) is 14.1. The number of methoxy groups -OCH3 is 1. The lowest BCUT2D eigenvalue weighted by atomic mass is 9.97. The summed E-state index contributed by atoms with van der Waals surface area (Å²) in [6.45, 7) is 0.771. The fourth-order valence-corrected chi connectivity index (χ4v) is 3.63. The van der Waals surface area contributed by atoms with E-state index in [9.17, 15) is 14.4 Å². The largest absolute Gasteiger partial charge is 0.469 e. The van der Waals surface area contributed by atoms with Gasteiger partial charge in [-0.1, -0.05) is 23.2 Å². The molecular weight excluding hydrogens is 381 g/mol. The lowest BCUT2D eigenvalue weighted by molar-refractivity contribution is -0.149. The summed E-state index contributed by atoms with van der Waals surface area (Å²) in [6.07, 6.45) is 2.41. The maximum atomic E-state index is 12.6. The first-order chi connectivity index (χ1) is 12.4. The molecule has 0 N–H and O–H groups in total. The molecule has 0 radical (unpaired) electrons. The molecule has 7 nitrogen and oxygen atoms in total. The van der Waals surface area contributed by atoms with E-state index in [4.69, 9.17) is 27.9 Å². The van der Waals surface area contributed by atoms with Gasteiger partial charge < -0.3 is 9.64 Å². The summed E-state index contributed by atoms with van der Waals surface area (Å²) in [5.74, 6) is -0.635. The number of halogens is 2. The van der Waals surface area contributed by atoms with Crippen LogP contribution in [0.1, 0.15) is 12.8 Å². The Morgan fingerprint density at radius 1 is 1.27 bits per heavy atom. The second kappa shape index (κ2) is 7.63. The van der Waals surface area contributed by atoms with Gasteiger partial charge in [0.1, 0.15) is 6.54 Å². The smallest absolute Gasteiger partial charge is 0.308 e. The first-order valence-electron chi connectivity index (χ1n) is 8.10. The first-order valence-corrected chi connectivity index (χ1v) is 8.86. The van der Waals surface area contributed by atoms with Gasteiger partial charge in [-0.2, -0.15) is 0 Å². The van der Waals surface area contributed by atoms with Gasteiger partial charge in [-0.25, -0.2) is 4.98 Å². The topological polar surface area (TPSA) is 81.5 Å². The maximum Gasteiger partial charge on any atom is 0.308 e. The van der Waals surface area contributed by atoms with Crippen molar-refractivity contribution in [3.8, 4) is 0 Å². The number of rotatable bonds is 3. The van der Waals surface area contributed by atoms with E-state index in [0.29, 0.717) is 36.5 Å². The van der Waals surface area contributed by atoms with Crippen molar-refractivity contribution in [3.63, 3.8) is 0 Å². The lowest BCUT2D eigenvalue weighted by Crippen LogP contribution is -2.43. The highest BCUT2D eigenvalue weighted by Gasteiger charge is 2.28. The van der Waals surface area contributed by atoms with Gasteiger partial charge in [0, 0.05) is 18.1 Å². The van der Waals surface area contributed by atoms with Crippen LogP contribution in [0, 0.1) is 5.92 Å². The van der Waals surface area contributed by atoms with E-state index in [0.717, 1.165) is 0 Å². The molecule has 1 aliphatic rings. The number of amides is 1. The van der Waals surface area contributed by atoms with Gasteiger partial charge in [0.05, 0.1) is 35.3 Å². The number of carbonyl (C=O) groups excluding carboxylic acids is 2. The summed E-state index contributed by atoms with van der Waals surface area (Å²) < 4.78 is 5.98. The average molecular weight is 398 g/mol. The molecule has 1 aromatic heterocycles. The van der Waals surface area contributed by atoms with Crippen LogP contribution in [-0.2, 0) is 20.9 Å². The Hall–Kier alpha value is -2.12. The number of benzene rings is 1. The number of aromatic nitrogens is 2. The number of fused-ring (bicyclic) bond motifs is 1. The van der Waals surface area contributed by atoms with Gasteiger partial charge in [-0.3, -0.25) is 19.0 Å². The molecule has 0 spiro atoms. The van der Waals surface area contributed by atoms with Crippen molar-refractivity contribution >= 4 is 46.0 Å². The van der Waals surface area contributed by atoms with Gasteiger partial charge in [0.2, 0.25) is 5.91 Å².